The van der Waals surface area contributed by atoms with Crippen LogP contribution >= 0.6 is 0 Å². The van der Waals surface area contributed by atoms with Crippen LogP contribution in [0.5, 0.6) is 0 Å². The van der Waals surface area contributed by atoms with Crippen LogP contribution < -0.4 is 5.32 Å². The van der Waals surface area contributed by atoms with Crippen molar-refractivity contribution in [2.45, 2.75) is 58.1 Å². The molecule has 120 valence electrons. The lowest BCUT2D eigenvalue weighted by molar-refractivity contribution is 0.0500. The summed E-state index contributed by atoms with van der Waals surface area (Å²) in [5.41, 5.74) is 1.47. The third-order valence-electron chi connectivity index (χ3n) is 3.81. The minimum atomic E-state index is -0.969. The molecule has 1 atom stereocenters. The van der Waals surface area contributed by atoms with E-state index in [-0.39, 0.29) is 17.0 Å². The number of hydrogen-bond acceptors (Lipinski definition) is 3. The molecule has 5 nitrogen and oxygen atoms in total. The third kappa shape index (κ3) is 3.40. The molecule has 0 saturated heterocycles. The first-order chi connectivity index (χ1) is 9.99. The van der Waals surface area contributed by atoms with Gasteiger partial charge in [0.1, 0.15) is 5.60 Å². The van der Waals surface area contributed by atoms with E-state index in [1.165, 1.54) is 0 Å². The van der Waals surface area contributed by atoms with Gasteiger partial charge in [-0.2, -0.15) is 0 Å². The molecule has 2 rings (SSSR count). The van der Waals surface area contributed by atoms with Crippen molar-refractivity contribution in [3.63, 3.8) is 0 Å². The Bertz CT molecular complexity index is 614. The molecule has 22 heavy (non-hydrogen) atoms. The fourth-order valence-corrected chi connectivity index (χ4v) is 2.91. The number of alkyl carbamates (subject to hydrolysis) is 1. The molecule has 0 heterocycles. The van der Waals surface area contributed by atoms with Crippen molar-refractivity contribution in [3.8, 4) is 0 Å². The number of fused-ring (bicyclic) bond motifs is 1. The lowest BCUT2D eigenvalue weighted by atomic mass is 9.86. The number of nitrogens with one attached hydrogen (secondary N) is 1. The summed E-state index contributed by atoms with van der Waals surface area (Å²) in [6.07, 6.45) is 0.229. The first-order valence-electron chi connectivity index (χ1n) is 7.37. The summed E-state index contributed by atoms with van der Waals surface area (Å²) >= 11 is 0. The zero-order chi connectivity index (χ0) is 16.7. The predicted molar refractivity (Wildman–Crippen MR) is 83.2 cm³/mol. The molecule has 1 aliphatic carbocycles. The molecule has 0 spiro atoms. The van der Waals surface area contributed by atoms with E-state index in [0.717, 1.165) is 11.1 Å². The Balaban J connectivity index is 2.28. The van der Waals surface area contributed by atoms with Crippen molar-refractivity contribution >= 4 is 12.1 Å². The molecule has 1 aromatic carbocycles. The zero-order valence-electron chi connectivity index (χ0n) is 13.7. The van der Waals surface area contributed by atoms with Gasteiger partial charge in [-0.15, -0.1) is 0 Å². The Labute approximate surface area is 130 Å². The van der Waals surface area contributed by atoms with Crippen molar-refractivity contribution in [1.29, 1.82) is 0 Å². The molecule has 1 aromatic rings. The quantitative estimate of drug-likeness (QED) is 0.874. The Morgan fingerprint density at radius 1 is 1.32 bits per heavy atom. The summed E-state index contributed by atoms with van der Waals surface area (Å²) in [5, 5.41) is 12.0. The highest BCUT2D eigenvalue weighted by Gasteiger charge is 2.38. The van der Waals surface area contributed by atoms with Crippen molar-refractivity contribution in [3.05, 3.63) is 34.9 Å². The van der Waals surface area contributed by atoms with Crippen LogP contribution in [0.15, 0.2) is 18.2 Å². The second-order valence-electron chi connectivity index (χ2n) is 7.39. The molecule has 0 saturated carbocycles. The number of rotatable bonds is 2. The number of hydrogen-bond donors (Lipinski definition) is 2. The van der Waals surface area contributed by atoms with Crippen molar-refractivity contribution in [2.75, 3.05) is 0 Å². The highest BCUT2D eigenvalue weighted by Crippen LogP contribution is 2.44. The average molecular weight is 305 g/mol. The van der Waals surface area contributed by atoms with Gasteiger partial charge in [0.2, 0.25) is 0 Å². The largest absolute Gasteiger partial charge is 0.478 e. The van der Waals surface area contributed by atoms with E-state index in [1.54, 1.807) is 12.1 Å². The maximum Gasteiger partial charge on any atom is 0.408 e. The summed E-state index contributed by atoms with van der Waals surface area (Å²) in [5.74, 6) is -0.969. The smallest absolute Gasteiger partial charge is 0.408 e. The van der Waals surface area contributed by atoms with E-state index in [4.69, 9.17) is 9.84 Å². The van der Waals surface area contributed by atoms with Gasteiger partial charge in [-0.25, -0.2) is 9.59 Å². The van der Waals surface area contributed by atoms with Crippen LogP contribution in [0.4, 0.5) is 4.79 Å². The van der Waals surface area contributed by atoms with Crippen LogP contribution in [0.3, 0.4) is 0 Å². The maximum atomic E-state index is 12.0. The normalized spacial score (nSPS) is 19.4. The van der Waals surface area contributed by atoms with E-state index >= 15 is 0 Å². The number of benzene rings is 1. The van der Waals surface area contributed by atoms with E-state index in [0.29, 0.717) is 6.42 Å². The zero-order valence-corrected chi connectivity index (χ0v) is 13.7. The highest BCUT2D eigenvalue weighted by molar-refractivity contribution is 5.88. The topological polar surface area (TPSA) is 75.6 Å². The van der Waals surface area contributed by atoms with E-state index in [2.05, 4.69) is 19.2 Å². The maximum absolute atomic E-state index is 12.0. The third-order valence-corrected chi connectivity index (χ3v) is 3.81. The number of aromatic carboxylic acids is 1. The molecule has 2 N–H and O–H groups in total. The summed E-state index contributed by atoms with van der Waals surface area (Å²) in [7, 11) is 0. The molecule has 0 bridgehead atoms. The lowest BCUT2D eigenvalue weighted by Gasteiger charge is -2.23. The Hall–Kier alpha value is -2.04. The molecule has 1 aliphatic rings. The number of carbonyl (C=O) groups excluding carboxylic acids is 1. The number of amides is 1. The number of ether oxygens (including phenoxy) is 1. The molecular weight excluding hydrogens is 282 g/mol. The van der Waals surface area contributed by atoms with Crippen LogP contribution in [0.1, 0.15) is 68.6 Å². The van der Waals surface area contributed by atoms with E-state index in [1.807, 2.05) is 26.8 Å². The van der Waals surface area contributed by atoms with E-state index in [9.17, 15) is 9.59 Å². The van der Waals surface area contributed by atoms with Crippen molar-refractivity contribution < 1.29 is 19.4 Å². The molecule has 0 aromatic heterocycles. The first-order valence-corrected chi connectivity index (χ1v) is 7.37. The van der Waals surface area contributed by atoms with Crippen LogP contribution in [-0.2, 0) is 10.2 Å². The van der Waals surface area contributed by atoms with Gasteiger partial charge in [0.25, 0.3) is 0 Å². The fraction of sp³-hybridized carbons (Fsp3) is 0.529. The van der Waals surface area contributed by atoms with Crippen LogP contribution in [0, 0.1) is 0 Å². The van der Waals surface area contributed by atoms with Gasteiger partial charge >= 0.3 is 12.1 Å². The first kappa shape index (κ1) is 16.3. The molecule has 0 radical (unpaired) electrons. The van der Waals surface area contributed by atoms with Gasteiger partial charge in [0.15, 0.2) is 0 Å². The average Bonchev–Trinajstić information content (AvgIpc) is 2.58. The molecular formula is C17H23NO4. The number of carboxylic acids is 1. The standard InChI is InChI=1S/C17H23NO4/c1-16(2,3)22-15(21)18-13-9-17(4,5)12-7-6-10(14(19)20)8-11(12)13/h6-8,13H,9H2,1-5H3,(H,18,21)(H,19,20). The Morgan fingerprint density at radius 2 is 1.95 bits per heavy atom. The fourth-order valence-electron chi connectivity index (χ4n) is 2.91. The van der Waals surface area contributed by atoms with Crippen LogP contribution in [0.2, 0.25) is 0 Å². The molecule has 1 amide bonds. The highest BCUT2D eigenvalue weighted by atomic mass is 16.6. The van der Waals surface area contributed by atoms with Gasteiger partial charge in [0, 0.05) is 0 Å². The predicted octanol–water partition coefficient (Wildman–Crippen LogP) is 3.63. The van der Waals surface area contributed by atoms with Gasteiger partial charge in [-0.05, 0) is 55.9 Å². The van der Waals surface area contributed by atoms with Crippen LogP contribution in [0.25, 0.3) is 0 Å². The summed E-state index contributed by atoms with van der Waals surface area (Å²) < 4.78 is 5.29. The molecule has 0 aliphatic heterocycles. The SMILES string of the molecule is CC(C)(C)OC(=O)NC1CC(C)(C)c2ccc(C(=O)O)cc21. The van der Waals surface area contributed by atoms with Gasteiger partial charge < -0.3 is 15.2 Å². The Morgan fingerprint density at radius 3 is 2.50 bits per heavy atom. The monoisotopic (exact) mass is 305 g/mol. The number of carbonyl (C=O) groups is 2. The van der Waals surface area contributed by atoms with Crippen LogP contribution in [-0.4, -0.2) is 22.8 Å². The second kappa shape index (κ2) is 5.30. The summed E-state index contributed by atoms with van der Waals surface area (Å²) in [6, 6.07) is 4.86. The Kier molecular flexibility index (Phi) is 3.94. The lowest BCUT2D eigenvalue weighted by Crippen LogP contribution is -2.34. The summed E-state index contributed by atoms with van der Waals surface area (Å²) in [6.45, 7) is 9.59. The molecule has 5 heteroatoms. The van der Waals surface area contributed by atoms with E-state index < -0.39 is 17.7 Å². The molecule has 1 unspecified atom stereocenters. The minimum absolute atomic E-state index is 0.119. The van der Waals surface area contributed by atoms with Crippen molar-refractivity contribution in [2.24, 2.45) is 0 Å². The van der Waals surface area contributed by atoms with Crippen molar-refractivity contribution in [1.82, 2.24) is 5.32 Å². The number of carboxylic acid groups (broad SMARTS) is 1. The van der Waals surface area contributed by atoms with Gasteiger partial charge in [-0.3, -0.25) is 0 Å². The van der Waals surface area contributed by atoms with Gasteiger partial charge in [-0.1, -0.05) is 19.9 Å². The summed E-state index contributed by atoms with van der Waals surface area (Å²) in [4.78, 5) is 23.2. The second-order valence-corrected chi connectivity index (χ2v) is 7.39. The minimum Gasteiger partial charge on any atom is -0.478 e. The van der Waals surface area contributed by atoms with Gasteiger partial charge in [0.05, 0.1) is 11.6 Å². The molecule has 0 fully saturated rings.